The molecule has 0 amide bonds. The van der Waals surface area contributed by atoms with E-state index in [0.717, 1.165) is 34.1 Å². The van der Waals surface area contributed by atoms with Crippen LogP contribution in [0.5, 0.6) is 0 Å². The number of rotatable bonds is 9. The van der Waals surface area contributed by atoms with E-state index >= 15 is 0 Å². The Kier molecular flexibility index (Phi) is 9.45. The fourth-order valence-corrected chi connectivity index (χ4v) is 8.25. The molecule has 0 spiro atoms. The molecule has 0 bridgehead atoms. The molecular weight excluding hydrogens is 681 g/mol. The predicted molar refractivity (Wildman–Crippen MR) is 237 cm³/mol. The molecule has 0 fully saturated rings. The van der Waals surface area contributed by atoms with Gasteiger partial charge in [-0.3, -0.25) is 0 Å². The summed E-state index contributed by atoms with van der Waals surface area (Å²) in [5, 5.41) is 17.1. The van der Waals surface area contributed by atoms with Crippen LogP contribution >= 0.6 is 0 Å². The minimum atomic E-state index is 0.264. The lowest BCUT2D eigenvalue weighted by Crippen LogP contribution is -2.13. The van der Waals surface area contributed by atoms with Crippen molar-refractivity contribution in [2.45, 2.75) is 66.2 Å². The van der Waals surface area contributed by atoms with E-state index in [4.69, 9.17) is 6.57 Å². The summed E-state index contributed by atoms with van der Waals surface area (Å²) < 4.78 is 0. The number of hydrogen-bond acceptors (Lipinski definition) is 3. The quantitative estimate of drug-likeness (QED) is 0.110. The first-order valence-electron chi connectivity index (χ1n) is 19.6. The summed E-state index contributed by atoms with van der Waals surface area (Å²) in [6.45, 7) is 23.4. The standard InChI is InChI=1S/C52H46N4/c1-32(2)37-13-21-41(22-14-37)56(42-23-15-38(54-8)16-24-42)50-30-48(34(5)6)44-25-27-45-49(29-47(33(3)4)43-26-28-46(50)52(44)51(43)45)55(39-17-9-35(7)10-18-39)40-19-11-36(31-53)12-20-40/h9-30,32-34H,1-7H3. The summed E-state index contributed by atoms with van der Waals surface area (Å²) in [6, 6.07) is 50.0. The second kappa shape index (κ2) is 14.6. The number of benzene rings is 8. The first kappa shape index (κ1) is 36.4. The third-order valence-corrected chi connectivity index (χ3v) is 11.2. The molecule has 0 unspecified atom stereocenters. The van der Waals surface area contributed by atoms with Gasteiger partial charge in [-0.1, -0.05) is 108 Å². The van der Waals surface area contributed by atoms with Crippen LogP contribution in [0.4, 0.5) is 39.8 Å². The van der Waals surface area contributed by atoms with Crippen molar-refractivity contribution >= 4 is 72.1 Å². The van der Waals surface area contributed by atoms with Gasteiger partial charge in [0.2, 0.25) is 0 Å². The number of aryl methyl sites for hydroxylation is 1. The van der Waals surface area contributed by atoms with Crippen molar-refractivity contribution in [2.24, 2.45) is 0 Å². The largest absolute Gasteiger partial charge is 0.310 e. The van der Waals surface area contributed by atoms with Gasteiger partial charge in [-0.05, 0) is 136 Å². The average Bonchev–Trinajstić information content (AvgIpc) is 3.21. The summed E-state index contributed by atoms with van der Waals surface area (Å²) in [6.07, 6.45) is 0. The highest BCUT2D eigenvalue weighted by molar-refractivity contribution is 6.29. The highest BCUT2D eigenvalue weighted by Crippen LogP contribution is 2.51. The minimum absolute atomic E-state index is 0.264. The maximum absolute atomic E-state index is 9.67. The van der Waals surface area contributed by atoms with Crippen LogP contribution in [0.1, 0.15) is 87.1 Å². The molecule has 8 rings (SSSR count). The smallest absolute Gasteiger partial charge is 0.187 e. The van der Waals surface area contributed by atoms with E-state index in [2.05, 4.69) is 178 Å². The van der Waals surface area contributed by atoms with E-state index in [1.165, 1.54) is 54.6 Å². The van der Waals surface area contributed by atoms with Crippen molar-refractivity contribution in [3.63, 3.8) is 0 Å². The zero-order valence-corrected chi connectivity index (χ0v) is 33.2. The molecule has 274 valence electrons. The molecule has 0 radical (unpaired) electrons. The summed E-state index contributed by atoms with van der Waals surface area (Å²) in [5.41, 5.74) is 12.7. The second-order valence-corrected chi connectivity index (χ2v) is 15.9. The van der Waals surface area contributed by atoms with Gasteiger partial charge in [0.15, 0.2) is 5.69 Å². The van der Waals surface area contributed by atoms with Gasteiger partial charge in [-0.15, -0.1) is 0 Å². The van der Waals surface area contributed by atoms with Crippen LogP contribution < -0.4 is 9.80 Å². The van der Waals surface area contributed by atoms with Gasteiger partial charge in [0.25, 0.3) is 0 Å². The fraction of sp³-hybridized carbons (Fsp3) is 0.192. The van der Waals surface area contributed by atoms with Crippen molar-refractivity contribution in [2.75, 3.05) is 9.80 Å². The maximum atomic E-state index is 9.67. The van der Waals surface area contributed by atoms with Gasteiger partial charge in [-0.2, -0.15) is 5.26 Å². The molecule has 0 saturated carbocycles. The van der Waals surface area contributed by atoms with Crippen molar-refractivity contribution in [3.05, 3.63) is 173 Å². The van der Waals surface area contributed by atoms with E-state index in [1.807, 2.05) is 24.3 Å². The Labute approximate surface area is 331 Å². The summed E-state index contributed by atoms with van der Waals surface area (Å²) in [5.74, 6) is 0.950. The molecule has 4 heteroatoms. The molecule has 0 atom stereocenters. The van der Waals surface area contributed by atoms with Crippen LogP contribution in [0, 0.1) is 24.8 Å². The second-order valence-electron chi connectivity index (χ2n) is 15.9. The minimum Gasteiger partial charge on any atom is -0.310 e. The van der Waals surface area contributed by atoms with E-state index in [0.29, 0.717) is 17.2 Å². The maximum Gasteiger partial charge on any atom is 0.187 e. The van der Waals surface area contributed by atoms with Gasteiger partial charge < -0.3 is 9.80 Å². The van der Waals surface area contributed by atoms with Crippen molar-refractivity contribution < 1.29 is 0 Å². The molecule has 0 heterocycles. The fourth-order valence-electron chi connectivity index (χ4n) is 8.25. The Balaban J connectivity index is 1.49. The van der Waals surface area contributed by atoms with Gasteiger partial charge in [-0.25, -0.2) is 4.85 Å². The summed E-state index contributed by atoms with van der Waals surface area (Å²) >= 11 is 0. The molecule has 0 aliphatic heterocycles. The number of nitriles is 1. The first-order valence-corrected chi connectivity index (χ1v) is 19.6. The van der Waals surface area contributed by atoms with Crippen LogP contribution in [0.3, 0.4) is 0 Å². The van der Waals surface area contributed by atoms with Gasteiger partial charge in [0.1, 0.15) is 0 Å². The third-order valence-electron chi connectivity index (χ3n) is 11.2. The molecule has 0 aliphatic rings. The number of anilines is 6. The number of hydrogen-bond donors (Lipinski definition) is 0. The Morgan fingerprint density at radius 2 is 0.893 bits per heavy atom. The molecule has 56 heavy (non-hydrogen) atoms. The van der Waals surface area contributed by atoms with Crippen molar-refractivity contribution in [3.8, 4) is 6.07 Å². The lowest BCUT2D eigenvalue weighted by Gasteiger charge is -2.31. The number of nitrogens with zero attached hydrogens (tertiary/aromatic N) is 4. The van der Waals surface area contributed by atoms with Crippen LogP contribution in [-0.4, -0.2) is 0 Å². The molecule has 4 nitrogen and oxygen atoms in total. The molecule has 0 N–H and O–H groups in total. The average molecular weight is 727 g/mol. The SMILES string of the molecule is [C-]#[N+]c1ccc(N(c2ccc(C(C)C)cc2)c2cc(C(C)C)c3ccc4c(N(c5ccc(C)cc5)c5ccc(C#N)cc5)cc(C(C)C)c5ccc2c3c54)cc1. The predicted octanol–water partition coefficient (Wildman–Crippen LogP) is 15.6. The Morgan fingerprint density at radius 3 is 1.29 bits per heavy atom. The van der Waals surface area contributed by atoms with Crippen LogP contribution in [-0.2, 0) is 0 Å². The van der Waals surface area contributed by atoms with Crippen molar-refractivity contribution in [1.29, 1.82) is 5.26 Å². The molecule has 8 aromatic carbocycles. The monoisotopic (exact) mass is 726 g/mol. The lowest BCUT2D eigenvalue weighted by molar-refractivity contribution is 0.866. The molecule has 0 aliphatic carbocycles. The summed E-state index contributed by atoms with van der Waals surface area (Å²) in [7, 11) is 0. The van der Waals surface area contributed by atoms with Gasteiger partial charge in [0.05, 0.1) is 29.6 Å². The lowest BCUT2D eigenvalue weighted by atomic mass is 9.84. The van der Waals surface area contributed by atoms with Crippen LogP contribution in [0.2, 0.25) is 0 Å². The van der Waals surface area contributed by atoms with Gasteiger partial charge in [0, 0.05) is 33.5 Å². The Bertz CT molecular complexity index is 2780. The van der Waals surface area contributed by atoms with Crippen LogP contribution in [0.15, 0.2) is 133 Å². The third kappa shape index (κ3) is 6.28. The molecule has 8 aromatic rings. The Morgan fingerprint density at radius 1 is 0.500 bits per heavy atom. The highest BCUT2D eigenvalue weighted by Gasteiger charge is 2.26. The molecular formula is C52H46N4. The summed E-state index contributed by atoms with van der Waals surface area (Å²) in [4.78, 5) is 8.43. The molecule has 0 saturated heterocycles. The van der Waals surface area contributed by atoms with E-state index in [1.54, 1.807) is 0 Å². The first-order chi connectivity index (χ1) is 27.1. The topological polar surface area (TPSA) is 34.6 Å². The normalized spacial score (nSPS) is 11.6. The zero-order valence-electron chi connectivity index (χ0n) is 33.2. The van der Waals surface area contributed by atoms with E-state index in [9.17, 15) is 5.26 Å². The molecule has 0 aromatic heterocycles. The van der Waals surface area contributed by atoms with Crippen LogP contribution in [0.25, 0.3) is 37.2 Å². The highest BCUT2D eigenvalue weighted by atomic mass is 15.1. The zero-order chi connectivity index (χ0) is 39.2. The van der Waals surface area contributed by atoms with E-state index in [-0.39, 0.29) is 11.8 Å². The van der Waals surface area contributed by atoms with E-state index < -0.39 is 0 Å². The van der Waals surface area contributed by atoms with Crippen molar-refractivity contribution in [1.82, 2.24) is 0 Å². The van der Waals surface area contributed by atoms with Gasteiger partial charge >= 0.3 is 0 Å². The Hall–Kier alpha value is -6.62.